The molecule has 4 aromatic rings. The van der Waals surface area contributed by atoms with Gasteiger partial charge in [-0.15, -0.1) is 0 Å². The zero-order chi connectivity index (χ0) is 22.7. The molecule has 1 atom stereocenters. The zero-order valence-electron chi connectivity index (χ0n) is 17.3. The summed E-state index contributed by atoms with van der Waals surface area (Å²) in [6, 6.07) is 9.95. The minimum absolute atomic E-state index is 0.0564. The predicted molar refractivity (Wildman–Crippen MR) is 115 cm³/mol. The van der Waals surface area contributed by atoms with Crippen LogP contribution in [0.15, 0.2) is 58.5 Å². The molecule has 1 amide bonds. The summed E-state index contributed by atoms with van der Waals surface area (Å²) >= 11 is 0.308. The van der Waals surface area contributed by atoms with E-state index in [1.54, 1.807) is 48.8 Å². The lowest BCUT2D eigenvalue weighted by Gasteiger charge is -2.19. The highest BCUT2D eigenvalue weighted by atomic mass is 32.2. The number of hydrogen-bond acceptors (Lipinski definition) is 7. The summed E-state index contributed by atoms with van der Waals surface area (Å²) in [5, 5.41) is 6.96. The van der Waals surface area contributed by atoms with E-state index in [0.717, 1.165) is 5.56 Å². The first-order valence-electron chi connectivity index (χ1n) is 9.86. The smallest absolute Gasteiger partial charge is 0.291 e. The molecule has 1 unspecified atom stereocenters. The Morgan fingerprint density at radius 1 is 1.16 bits per heavy atom. The number of nitrogens with zero attached hydrogens (tertiary/aromatic N) is 5. The van der Waals surface area contributed by atoms with Crippen LogP contribution < -0.4 is 5.32 Å². The molecular formula is C21H20F2N6O2S. The van der Waals surface area contributed by atoms with E-state index in [4.69, 9.17) is 4.52 Å². The largest absolute Gasteiger partial charge is 0.342 e. The fourth-order valence-electron chi connectivity index (χ4n) is 3.23. The van der Waals surface area contributed by atoms with Crippen molar-refractivity contribution >= 4 is 28.7 Å². The Morgan fingerprint density at radius 2 is 1.91 bits per heavy atom. The van der Waals surface area contributed by atoms with E-state index in [0.29, 0.717) is 28.6 Å². The number of amides is 1. The molecule has 0 saturated heterocycles. The normalized spacial score (nSPS) is 12.6. The van der Waals surface area contributed by atoms with E-state index in [1.165, 1.54) is 4.57 Å². The van der Waals surface area contributed by atoms with E-state index in [9.17, 15) is 13.6 Å². The molecule has 3 aromatic heterocycles. The van der Waals surface area contributed by atoms with Crippen LogP contribution in [0.25, 0.3) is 22.4 Å². The van der Waals surface area contributed by atoms with Crippen LogP contribution in [0.2, 0.25) is 0 Å². The second-order valence-electron chi connectivity index (χ2n) is 7.33. The van der Waals surface area contributed by atoms with Crippen molar-refractivity contribution in [2.24, 2.45) is 5.92 Å². The highest BCUT2D eigenvalue weighted by molar-refractivity contribution is 7.99. The number of carbonyl (C=O) groups excluding carboxylic acids is 1. The Hall–Kier alpha value is -3.34. The number of aromatic nitrogens is 5. The Kier molecular flexibility index (Phi) is 6.45. The Labute approximate surface area is 186 Å². The van der Waals surface area contributed by atoms with Gasteiger partial charge in [-0.3, -0.25) is 9.78 Å². The molecule has 0 fully saturated rings. The first kappa shape index (κ1) is 21.9. The molecule has 8 nitrogen and oxygen atoms in total. The van der Waals surface area contributed by atoms with Crippen LogP contribution in [0.1, 0.15) is 25.8 Å². The number of imidazole rings is 1. The predicted octanol–water partition coefficient (Wildman–Crippen LogP) is 4.31. The highest BCUT2D eigenvalue weighted by Crippen LogP contribution is 2.29. The van der Waals surface area contributed by atoms with E-state index >= 15 is 0 Å². The summed E-state index contributed by atoms with van der Waals surface area (Å²) in [4.78, 5) is 25.5. The van der Waals surface area contributed by atoms with Crippen LogP contribution in [0.3, 0.4) is 0 Å². The van der Waals surface area contributed by atoms with E-state index in [1.807, 2.05) is 13.8 Å². The van der Waals surface area contributed by atoms with Gasteiger partial charge in [0.05, 0.1) is 11.0 Å². The number of nitrogens with one attached hydrogen (secondary N) is 1. The third-order valence-corrected chi connectivity index (χ3v) is 5.45. The van der Waals surface area contributed by atoms with Crippen molar-refractivity contribution in [3.05, 3.63) is 54.7 Å². The summed E-state index contributed by atoms with van der Waals surface area (Å²) < 4.78 is 32.9. The number of thioether (sulfide) groups is 1. The second kappa shape index (κ2) is 9.43. The van der Waals surface area contributed by atoms with Gasteiger partial charge in [-0.1, -0.05) is 31.1 Å². The maximum atomic E-state index is 13.0. The van der Waals surface area contributed by atoms with Crippen LogP contribution >= 0.6 is 11.8 Å². The number of pyridine rings is 1. The molecular weight excluding hydrogens is 438 g/mol. The minimum Gasteiger partial charge on any atom is -0.342 e. The number of alkyl halides is 2. The topological polar surface area (TPSA) is 98.7 Å². The number of benzene rings is 1. The second-order valence-corrected chi connectivity index (χ2v) is 8.29. The van der Waals surface area contributed by atoms with Crippen LogP contribution in [0.5, 0.6) is 0 Å². The number of hydrogen-bond donors (Lipinski definition) is 1. The van der Waals surface area contributed by atoms with Crippen molar-refractivity contribution in [3.63, 3.8) is 0 Å². The summed E-state index contributed by atoms with van der Waals surface area (Å²) in [5.74, 6) is -2.44. The van der Waals surface area contributed by atoms with Gasteiger partial charge in [0.25, 0.3) is 5.76 Å². The third-order valence-electron chi connectivity index (χ3n) is 4.75. The van der Waals surface area contributed by atoms with Gasteiger partial charge in [0.1, 0.15) is 12.6 Å². The molecule has 1 aromatic carbocycles. The van der Waals surface area contributed by atoms with Gasteiger partial charge in [-0.25, -0.2) is 4.98 Å². The quantitative estimate of drug-likeness (QED) is 0.393. The Balaban J connectivity index is 1.56. The van der Waals surface area contributed by atoms with Crippen molar-refractivity contribution in [3.8, 4) is 11.4 Å². The third kappa shape index (κ3) is 4.77. The van der Waals surface area contributed by atoms with Gasteiger partial charge in [0.15, 0.2) is 5.16 Å². The van der Waals surface area contributed by atoms with Gasteiger partial charge in [-0.2, -0.15) is 13.8 Å². The van der Waals surface area contributed by atoms with E-state index in [-0.39, 0.29) is 29.4 Å². The van der Waals surface area contributed by atoms with Crippen molar-refractivity contribution in [2.75, 3.05) is 0 Å². The first-order chi connectivity index (χ1) is 15.4. The minimum atomic E-state index is -2.65. The lowest BCUT2D eigenvalue weighted by atomic mass is 10.0. The molecule has 0 bridgehead atoms. The van der Waals surface area contributed by atoms with Crippen molar-refractivity contribution in [2.45, 2.75) is 37.3 Å². The fraction of sp³-hybridized carbons (Fsp3) is 0.286. The summed E-state index contributed by atoms with van der Waals surface area (Å²) in [6.45, 7) is 3.64. The van der Waals surface area contributed by atoms with E-state index in [2.05, 4.69) is 25.4 Å². The number of carbonyl (C=O) groups is 1. The van der Waals surface area contributed by atoms with Crippen molar-refractivity contribution < 1.29 is 18.1 Å². The molecule has 1 N–H and O–H groups in total. The SMILES string of the molecule is CC(C)C(NC(=O)Cn1c(SC(F)F)nc2ccccc21)c1nc(-c2ccncc2)no1. The molecule has 3 heterocycles. The molecule has 0 aliphatic heterocycles. The summed E-state index contributed by atoms with van der Waals surface area (Å²) in [5.41, 5.74) is 1.88. The summed E-state index contributed by atoms with van der Waals surface area (Å²) in [6.07, 6.45) is 3.25. The number of fused-ring (bicyclic) bond motifs is 1. The number of rotatable bonds is 8. The average Bonchev–Trinajstić information content (AvgIpc) is 3.38. The molecule has 0 radical (unpaired) electrons. The molecule has 166 valence electrons. The fourth-order valence-corrected chi connectivity index (χ4v) is 3.83. The number of para-hydroxylation sites is 2. The summed E-state index contributed by atoms with van der Waals surface area (Å²) in [7, 11) is 0. The molecule has 11 heteroatoms. The van der Waals surface area contributed by atoms with Gasteiger partial charge < -0.3 is 14.4 Å². The average molecular weight is 458 g/mol. The van der Waals surface area contributed by atoms with Crippen molar-refractivity contribution in [1.29, 1.82) is 0 Å². The molecule has 0 aliphatic rings. The zero-order valence-corrected chi connectivity index (χ0v) is 18.1. The Morgan fingerprint density at radius 3 is 2.62 bits per heavy atom. The van der Waals surface area contributed by atoms with Crippen LogP contribution in [0, 0.1) is 5.92 Å². The maximum Gasteiger partial charge on any atom is 0.291 e. The molecule has 4 rings (SSSR count). The van der Waals surface area contributed by atoms with Gasteiger partial charge >= 0.3 is 0 Å². The van der Waals surface area contributed by atoms with E-state index < -0.39 is 11.8 Å². The van der Waals surface area contributed by atoms with Gasteiger partial charge in [0, 0.05) is 18.0 Å². The lowest BCUT2D eigenvalue weighted by Crippen LogP contribution is -2.34. The first-order valence-corrected chi connectivity index (χ1v) is 10.7. The monoisotopic (exact) mass is 458 g/mol. The molecule has 0 spiro atoms. The molecule has 32 heavy (non-hydrogen) atoms. The molecule has 0 saturated carbocycles. The lowest BCUT2D eigenvalue weighted by molar-refractivity contribution is -0.123. The van der Waals surface area contributed by atoms with Gasteiger partial charge in [0.2, 0.25) is 17.6 Å². The molecule has 0 aliphatic carbocycles. The number of halogens is 2. The van der Waals surface area contributed by atoms with Crippen LogP contribution in [0.4, 0.5) is 8.78 Å². The maximum absolute atomic E-state index is 13.0. The van der Waals surface area contributed by atoms with Crippen LogP contribution in [-0.4, -0.2) is 36.3 Å². The standard InChI is InChI=1S/C21H20F2N6O2S/c1-12(2)17(19-27-18(28-31-19)13-7-9-24-10-8-13)26-16(30)11-29-15-6-4-3-5-14(15)25-21(29)32-20(22)23/h3-10,12,17,20H,11H2,1-2H3,(H,26,30). The highest BCUT2D eigenvalue weighted by Gasteiger charge is 2.26. The Bertz CT molecular complexity index is 1210. The van der Waals surface area contributed by atoms with Crippen LogP contribution in [-0.2, 0) is 11.3 Å². The van der Waals surface area contributed by atoms with Gasteiger partial charge in [-0.05, 0) is 41.9 Å². The van der Waals surface area contributed by atoms with Crippen molar-refractivity contribution in [1.82, 2.24) is 30.0 Å².